The molecule has 0 atom stereocenters. The molecule has 0 aromatic rings. The van der Waals surface area contributed by atoms with E-state index in [0.717, 1.165) is 0 Å². The molecule has 0 unspecified atom stereocenters. The Kier molecular flexibility index (Phi) is 5.94. The fraction of sp³-hybridized carbons (Fsp3) is 0.143. The van der Waals surface area contributed by atoms with Gasteiger partial charge in [0.2, 0.25) is 0 Å². The number of rotatable bonds is 0. The predicted molar refractivity (Wildman–Crippen MR) is 43.0 cm³/mol. The van der Waals surface area contributed by atoms with Crippen molar-refractivity contribution in [2.24, 2.45) is 0 Å². The van der Waals surface area contributed by atoms with E-state index in [0.29, 0.717) is 0 Å². The summed E-state index contributed by atoms with van der Waals surface area (Å²) in [5.74, 6) is 12.8. The van der Waals surface area contributed by atoms with Crippen LogP contribution in [-0.4, -0.2) is 0 Å². The fourth-order valence-electron chi connectivity index (χ4n) is 0.149. The van der Waals surface area contributed by atoms with E-state index < -0.39 is 0 Å². The smallest absolute Gasteiger partial charge is 0.0192 e. The van der Waals surface area contributed by atoms with E-state index in [-0.39, 0.29) is 0 Å². The first-order chi connectivity index (χ1) is 3.91. The van der Waals surface area contributed by atoms with Gasteiger partial charge in [0, 0.05) is 22.6 Å². The maximum Gasteiger partial charge on any atom is 0.0192 e. The molecular weight excluding hydrogens is 211 g/mol. The summed E-state index contributed by atoms with van der Waals surface area (Å²) in [5, 5.41) is 0. The SMILES string of the molecule is CC#CC#CC#CI. The monoisotopic (exact) mass is 214 g/mol. The normalized spacial score (nSPS) is 3.75. The maximum absolute atomic E-state index is 2.63. The van der Waals surface area contributed by atoms with Crippen LogP contribution in [0, 0.1) is 33.5 Å². The Morgan fingerprint density at radius 2 is 1.62 bits per heavy atom. The second kappa shape index (κ2) is 6.41. The second-order valence-electron chi connectivity index (χ2n) is 0.844. The summed E-state index contributed by atoms with van der Waals surface area (Å²) < 4.78 is 2.61. The van der Waals surface area contributed by atoms with Crippen LogP contribution in [0.1, 0.15) is 6.92 Å². The third kappa shape index (κ3) is 5.41. The van der Waals surface area contributed by atoms with Crippen LogP contribution in [-0.2, 0) is 0 Å². The molecule has 0 amide bonds. The highest BCUT2D eigenvalue weighted by Gasteiger charge is 1.49. The first-order valence-electron chi connectivity index (χ1n) is 1.94. The molecule has 8 heavy (non-hydrogen) atoms. The van der Waals surface area contributed by atoms with Crippen molar-refractivity contribution in [1.82, 2.24) is 0 Å². The van der Waals surface area contributed by atoms with Crippen LogP contribution in [0.5, 0.6) is 0 Å². The van der Waals surface area contributed by atoms with E-state index in [9.17, 15) is 0 Å². The van der Waals surface area contributed by atoms with Crippen LogP contribution < -0.4 is 0 Å². The van der Waals surface area contributed by atoms with Crippen molar-refractivity contribution in [1.29, 1.82) is 0 Å². The molecule has 0 heterocycles. The van der Waals surface area contributed by atoms with Crippen molar-refractivity contribution in [2.75, 3.05) is 0 Å². The average molecular weight is 214 g/mol. The Morgan fingerprint density at radius 1 is 1.00 bits per heavy atom. The van der Waals surface area contributed by atoms with Gasteiger partial charge in [-0.05, 0) is 34.5 Å². The molecule has 0 radical (unpaired) electrons. The topological polar surface area (TPSA) is 0 Å². The lowest BCUT2D eigenvalue weighted by Crippen LogP contribution is -1.47. The highest BCUT2D eigenvalue weighted by molar-refractivity contribution is 14.1. The minimum Gasteiger partial charge on any atom is -0.0925 e. The molecule has 38 valence electrons. The third-order valence-corrected chi connectivity index (χ3v) is 0.629. The van der Waals surface area contributed by atoms with Crippen molar-refractivity contribution in [3.8, 4) is 33.5 Å². The molecule has 0 aromatic carbocycles. The highest BCUT2D eigenvalue weighted by Crippen LogP contribution is 1.67. The van der Waals surface area contributed by atoms with E-state index in [4.69, 9.17) is 0 Å². The van der Waals surface area contributed by atoms with Gasteiger partial charge < -0.3 is 0 Å². The fourth-order valence-corrected chi connectivity index (χ4v) is 0.283. The molecule has 0 spiro atoms. The number of halogens is 1. The third-order valence-electron chi connectivity index (χ3n) is 0.360. The molecular formula is C7H3I. The summed E-state index contributed by atoms with van der Waals surface area (Å²) in [6, 6.07) is 0. The molecule has 0 saturated heterocycles. The van der Waals surface area contributed by atoms with Crippen molar-refractivity contribution in [3.05, 3.63) is 0 Å². The average Bonchev–Trinajstić information content (AvgIpc) is 1.81. The van der Waals surface area contributed by atoms with Gasteiger partial charge in [-0.2, -0.15) is 0 Å². The van der Waals surface area contributed by atoms with E-state index in [1.165, 1.54) is 0 Å². The second-order valence-corrected chi connectivity index (χ2v) is 1.38. The molecule has 0 aliphatic rings. The van der Waals surface area contributed by atoms with Crippen molar-refractivity contribution >= 4 is 22.6 Å². The van der Waals surface area contributed by atoms with Crippen LogP contribution in [0.15, 0.2) is 0 Å². The van der Waals surface area contributed by atoms with Crippen LogP contribution in [0.2, 0.25) is 0 Å². The van der Waals surface area contributed by atoms with Crippen molar-refractivity contribution in [2.45, 2.75) is 6.92 Å². The summed E-state index contributed by atoms with van der Waals surface area (Å²) in [7, 11) is 0. The molecule has 0 saturated carbocycles. The zero-order valence-corrected chi connectivity index (χ0v) is 6.54. The highest BCUT2D eigenvalue weighted by atomic mass is 127. The molecule has 0 rings (SSSR count). The molecule has 1 heteroatoms. The minimum absolute atomic E-state index is 1.74. The molecule has 0 N–H and O–H groups in total. The largest absolute Gasteiger partial charge is 0.0925 e. The zero-order chi connectivity index (χ0) is 6.24. The van der Waals surface area contributed by atoms with Crippen LogP contribution >= 0.6 is 22.6 Å². The van der Waals surface area contributed by atoms with Gasteiger partial charge in [0.05, 0.1) is 0 Å². The number of hydrogen-bond donors (Lipinski definition) is 0. The lowest BCUT2D eigenvalue weighted by Gasteiger charge is -1.51. The molecule has 0 aliphatic heterocycles. The summed E-state index contributed by atoms with van der Waals surface area (Å²) in [6.07, 6.45) is 0. The van der Waals surface area contributed by atoms with Gasteiger partial charge in [-0.1, -0.05) is 5.92 Å². The Bertz CT molecular complexity index is 194. The summed E-state index contributed by atoms with van der Waals surface area (Å²) in [6.45, 7) is 1.74. The van der Waals surface area contributed by atoms with E-state index >= 15 is 0 Å². The van der Waals surface area contributed by atoms with Gasteiger partial charge in [0.15, 0.2) is 0 Å². The lowest BCUT2D eigenvalue weighted by molar-refractivity contribution is 1.92. The van der Waals surface area contributed by atoms with Gasteiger partial charge in [-0.15, -0.1) is 0 Å². The molecule has 0 bridgehead atoms. The van der Waals surface area contributed by atoms with Gasteiger partial charge in [0.25, 0.3) is 0 Å². The summed E-state index contributed by atoms with van der Waals surface area (Å²) in [4.78, 5) is 0. The van der Waals surface area contributed by atoms with Crippen LogP contribution in [0.4, 0.5) is 0 Å². The van der Waals surface area contributed by atoms with Crippen molar-refractivity contribution < 1.29 is 0 Å². The Labute approximate surface area is 63.2 Å². The van der Waals surface area contributed by atoms with Crippen LogP contribution in [0.3, 0.4) is 0 Å². The van der Waals surface area contributed by atoms with Gasteiger partial charge in [-0.3, -0.25) is 0 Å². The van der Waals surface area contributed by atoms with E-state index in [1.54, 1.807) is 6.92 Å². The summed E-state index contributed by atoms with van der Waals surface area (Å²) in [5.41, 5.74) is 0. The minimum atomic E-state index is 1.74. The van der Waals surface area contributed by atoms with Crippen LogP contribution in [0.25, 0.3) is 0 Å². The Morgan fingerprint density at radius 3 is 2.12 bits per heavy atom. The van der Waals surface area contributed by atoms with Crippen molar-refractivity contribution in [3.63, 3.8) is 0 Å². The standard InChI is InChI=1S/C7H3I/c1-2-3-4-5-6-7-8/h1H3. The van der Waals surface area contributed by atoms with Gasteiger partial charge in [-0.25, -0.2) is 0 Å². The van der Waals surface area contributed by atoms with Gasteiger partial charge in [0.1, 0.15) is 0 Å². The Hall–Kier alpha value is -0.590. The quantitative estimate of drug-likeness (QED) is 0.422. The van der Waals surface area contributed by atoms with E-state index in [2.05, 4.69) is 33.5 Å². The van der Waals surface area contributed by atoms with Gasteiger partial charge >= 0.3 is 0 Å². The lowest BCUT2D eigenvalue weighted by atomic mass is 10.5. The molecule has 0 aliphatic carbocycles. The maximum atomic E-state index is 2.63. The first kappa shape index (κ1) is 7.41. The Balaban J connectivity index is 3.75. The molecule has 0 fully saturated rings. The zero-order valence-electron chi connectivity index (χ0n) is 4.38. The predicted octanol–water partition coefficient (Wildman–Crippen LogP) is 1.41. The molecule has 0 aromatic heterocycles. The van der Waals surface area contributed by atoms with E-state index in [1.807, 2.05) is 22.6 Å². The number of hydrogen-bond acceptors (Lipinski definition) is 0. The first-order valence-corrected chi connectivity index (χ1v) is 3.02. The molecule has 0 nitrogen and oxygen atoms in total. The summed E-state index contributed by atoms with van der Waals surface area (Å²) >= 11 is 1.93.